The van der Waals surface area contributed by atoms with E-state index in [4.69, 9.17) is 0 Å². The third-order valence-corrected chi connectivity index (χ3v) is 6.76. The molecule has 1 atom stereocenters. The molecule has 158 valence electrons. The Morgan fingerprint density at radius 2 is 1.86 bits per heavy atom. The molecule has 1 aliphatic heterocycles. The van der Waals surface area contributed by atoms with E-state index in [1.165, 1.54) is 12.1 Å². The zero-order chi connectivity index (χ0) is 21.2. The van der Waals surface area contributed by atoms with Crippen LogP contribution in [-0.2, 0) is 10.2 Å². The molecule has 1 aliphatic rings. The minimum Gasteiger partial charge on any atom is -0.396 e. The molecule has 6 nitrogen and oxygen atoms in total. The lowest BCUT2D eigenvalue weighted by molar-refractivity contribution is 0.166. The van der Waals surface area contributed by atoms with Crippen molar-refractivity contribution in [2.45, 2.75) is 12.8 Å². The maximum Gasteiger partial charge on any atom is 0.301 e. The summed E-state index contributed by atoms with van der Waals surface area (Å²) in [5.41, 5.74) is -0.911. The van der Waals surface area contributed by atoms with Gasteiger partial charge >= 0.3 is 10.2 Å². The summed E-state index contributed by atoms with van der Waals surface area (Å²) in [6, 6.07) is 5.96. The molecule has 2 aromatic rings. The van der Waals surface area contributed by atoms with E-state index in [0.29, 0.717) is 16.4 Å². The van der Waals surface area contributed by atoms with Crippen LogP contribution in [0, 0.1) is 26.9 Å². The summed E-state index contributed by atoms with van der Waals surface area (Å²) in [6.45, 7) is 0.212. The summed E-state index contributed by atoms with van der Waals surface area (Å²) >= 11 is 1.90. The van der Waals surface area contributed by atoms with Gasteiger partial charge < -0.3 is 10.4 Å². The van der Waals surface area contributed by atoms with E-state index in [1.807, 2.05) is 22.6 Å². The maximum atomic E-state index is 14.4. The first-order valence-corrected chi connectivity index (χ1v) is 11.3. The smallest absolute Gasteiger partial charge is 0.301 e. The average Bonchev–Trinajstić information content (AvgIpc) is 2.69. The zero-order valence-electron chi connectivity index (χ0n) is 15.1. The van der Waals surface area contributed by atoms with Crippen molar-refractivity contribution in [3.63, 3.8) is 0 Å². The third kappa shape index (κ3) is 5.13. The molecule has 1 heterocycles. The number of nitrogens with one attached hydrogen (secondary N) is 2. The normalized spacial score (nSPS) is 17.9. The number of hydrogen-bond acceptors (Lipinski definition) is 4. The first kappa shape index (κ1) is 22.1. The molecule has 11 heteroatoms. The molecule has 1 unspecified atom stereocenters. The molecule has 0 bridgehead atoms. The molecule has 0 radical (unpaired) electrons. The molecule has 0 saturated carbocycles. The second-order valence-corrected chi connectivity index (χ2v) is 9.61. The Kier molecular flexibility index (Phi) is 6.91. The predicted octanol–water partition coefficient (Wildman–Crippen LogP) is 3.81. The van der Waals surface area contributed by atoms with Crippen molar-refractivity contribution in [1.82, 2.24) is 4.31 Å². The van der Waals surface area contributed by atoms with Crippen molar-refractivity contribution in [1.29, 1.82) is 0 Å². The summed E-state index contributed by atoms with van der Waals surface area (Å²) in [6.07, 6.45) is 1.27. The van der Waals surface area contributed by atoms with Gasteiger partial charge in [0.2, 0.25) is 0 Å². The lowest BCUT2D eigenvalue weighted by Gasteiger charge is -2.31. The van der Waals surface area contributed by atoms with Gasteiger partial charge in [0, 0.05) is 23.3 Å². The van der Waals surface area contributed by atoms with E-state index in [-0.39, 0.29) is 37.0 Å². The van der Waals surface area contributed by atoms with Crippen molar-refractivity contribution in [3.05, 3.63) is 51.4 Å². The standard InChI is InChI=1S/C18H19F3IN3O3S/c19-13-4-6-16(24-29(27,28)25-7-1-2-11(9-25)10-26)18(17(13)21)23-15-5-3-12(22)8-14(15)20/h3-6,8,11,23-24,26H,1-2,7,9-10H2. The summed E-state index contributed by atoms with van der Waals surface area (Å²) in [5, 5.41) is 11.7. The molecule has 0 aliphatic carbocycles. The molecule has 1 saturated heterocycles. The molecule has 29 heavy (non-hydrogen) atoms. The number of hydrogen-bond donors (Lipinski definition) is 3. The van der Waals surface area contributed by atoms with Gasteiger partial charge in [0.15, 0.2) is 11.6 Å². The Labute approximate surface area is 180 Å². The molecule has 2 aromatic carbocycles. The highest BCUT2D eigenvalue weighted by atomic mass is 127. The van der Waals surface area contributed by atoms with Gasteiger partial charge in [-0.3, -0.25) is 4.72 Å². The molecule has 0 amide bonds. The van der Waals surface area contributed by atoms with Crippen LogP contribution in [0.15, 0.2) is 30.3 Å². The van der Waals surface area contributed by atoms with Crippen LogP contribution >= 0.6 is 22.6 Å². The fraction of sp³-hybridized carbons (Fsp3) is 0.333. The number of aliphatic hydroxyl groups is 1. The van der Waals surface area contributed by atoms with Gasteiger partial charge in [-0.1, -0.05) is 0 Å². The molecular weight excluding hydrogens is 522 g/mol. The third-order valence-electron chi connectivity index (χ3n) is 4.60. The molecular formula is C18H19F3IN3O3S. The fourth-order valence-corrected chi connectivity index (χ4v) is 4.89. The highest BCUT2D eigenvalue weighted by Crippen LogP contribution is 2.33. The second-order valence-electron chi connectivity index (χ2n) is 6.69. The van der Waals surface area contributed by atoms with Crippen molar-refractivity contribution < 1.29 is 26.7 Å². The van der Waals surface area contributed by atoms with Crippen molar-refractivity contribution >= 4 is 49.9 Å². The van der Waals surface area contributed by atoms with E-state index in [1.54, 1.807) is 6.07 Å². The Balaban J connectivity index is 1.92. The average molecular weight is 541 g/mol. The van der Waals surface area contributed by atoms with Gasteiger partial charge in [-0.2, -0.15) is 12.7 Å². The van der Waals surface area contributed by atoms with Crippen molar-refractivity contribution in [2.75, 3.05) is 29.7 Å². The van der Waals surface area contributed by atoms with Gasteiger partial charge in [0.05, 0.1) is 11.4 Å². The van der Waals surface area contributed by atoms with E-state index < -0.39 is 33.3 Å². The van der Waals surface area contributed by atoms with Gasteiger partial charge in [0.25, 0.3) is 0 Å². The van der Waals surface area contributed by atoms with Crippen LogP contribution in [0.2, 0.25) is 0 Å². The van der Waals surface area contributed by atoms with Gasteiger partial charge in [-0.05, 0) is 71.7 Å². The van der Waals surface area contributed by atoms with Crippen molar-refractivity contribution in [3.8, 4) is 0 Å². The van der Waals surface area contributed by atoms with Crippen LogP contribution < -0.4 is 10.0 Å². The molecule has 0 spiro atoms. The zero-order valence-corrected chi connectivity index (χ0v) is 18.1. The Morgan fingerprint density at radius 3 is 2.55 bits per heavy atom. The number of halogens is 4. The number of piperidine rings is 1. The van der Waals surface area contributed by atoms with E-state index in [9.17, 15) is 26.7 Å². The first-order valence-electron chi connectivity index (χ1n) is 8.80. The Bertz CT molecular complexity index is 1010. The minimum atomic E-state index is -4.09. The minimum absolute atomic E-state index is 0.115. The highest BCUT2D eigenvalue weighted by molar-refractivity contribution is 14.1. The van der Waals surface area contributed by atoms with Crippen LogP contribution in [-0.4, -0.2) is 37.5 Å². The number of anilines is 3. The topological polar surface area (TPSA) is 81.7 Å². The lowest BCUT2D eigenvalue weighted by Crippen LogP contribution is -2.43. The first-order chi connectivity index (χ1) is 13.7. The summed E-state index contributed by atoms with van der Waals surface area (Å²) < 4.78 is 71.9. The van der Waals surface area contributed by atoms with Crippen LogP contribution in [0.1, 0.15) is 12.8 Å². The van der Waals surface area contributed by atoms with E-state index in [0.717, 1.165) is 16.4 Å². The summed E-state index contributed by atoms with van der Waals surface area (Å²) in [5.74, 6) is -3.44. The number of nitrogens with zero attached hydrogens (tertiary/aromatic N) is 1. The Hall–Kier alpha value is -1.57. The van der Waals surface area contributed by atoms with Crippen LogP contribution in [0.25, 0.3) is 0 Å². The van der Waals surface area contributed by atoms with Crippen LogP contribution in [0.4, 0.5) is 30.2 Å². The van der Waals surface area contributed by atoms with Crippen LogP contribution in [0.5, 0.6) is 0 Å². The summed E-state index contributed by atoms with van der Waals surface area (Å²) in [4.78, 5) is 0. The lowest BCUT2D eigenvalue weighted by atomic mass is 10.0. The van der Waals surface area contributed by atoms with Gasteiger partial charge in [0.1, 0.15) is 11.5 Å². The highest BCUT2D eigenvalue weighted by Gasteiger charge is 2.30. The Morgan fingerprint density at radius 1 is 1.14 bits per heavy atom. The van der Waals surface area contributed by atoms with Gasteiger partial charge in [-0.25, -0.2) is 13.2 Å². The summed E-state index contributed by atoms with van der Waals surface area (Å²) in [7, 11) is -4.09. The predicted molar refractivity (Wildman–Crippen MR) is 113 cm³/mol. The quantitative estimate of drug-likeness (QED) is 0.486. The second kappa shape index (κ2) is 9.06. The fourth-order valence-electron chi connectivity index (χ4n) is 3.08. The molecule has 1 fully saturated rings. The molecule has 0 aromatic heterocycles. The molecule has 3 N–H and O–H groups in total. The van der Waals surface area contributed by atoms with Crippen molar-refractivity contribution in [2.24, 2.45) is 5.92 Å². The van der Waals surface area contributed by atoms with Crippen LogP contribution in [0.3, 0.4) is 0 Å². The van der Waals surface area contributed by atoms with E-state index >= 15 is 0 Å². The van der Waals surface area contributed by atoms with E-state index in [2.05, 4.69) is 10.0 Å². The monoisotopic (exact) mass is 541 g/mol. The number of aliphatic hydroxyl groups excluding tert-OH is 1. The number of rotatable bonds is 6. The number of benzene rings is 2. The van der Waals surface area contributed by atoms with Gasteiger partial charge in [-0.15, -0.1) is 0 Å². The maximum absolute atomic E-state index is 14.4. The SMILES string of the molecule is O=S(=O)(Nc1ccc(F)c(F)c1Nc1ccc(I)cc1F)N1CCCC(CO)C1. The largest absolute Gasteiger partial charge is 0.396 e. The molecule has 3 rings (SSSR count).